The molecular weight excluding hydrogens is 257 g/mol. The molecule has 0 saturated heterocycles. The van der Waals surface area contributed by atoms with E-state index in [1.807, 2.05) is 12.1 Å². The van der Waals surface area contributed by atoms with Gasteiger partial charge in [0.15, 0.2) is 0 Å². The molecule has 0 aliphatic rings. The van der Waals surface area contributed by atoms with Crippen LogP contribution in [0.2, 0.25) is 0 Å². The molecule has 0 aliphatic carbocycles. The molecule has 1 aromatic carbocycles. The van der Waals surface area contributed by atoms with Gasteiger partial charge >= 0.3 is 12.2 Å². The van der Waals surface area contributed by atoms with Gasteiger partial charge in [-0.05, 0) is 31.0 Å². The highest BCUT2D eigenvalue weighted by molar-refractivity contribution is 5.29. The van der Waals surface area contributed by atoms with Crippen molar-refractivity contribution < 1.29 is 17.9 Å². The van der Waals surface area contributed by atoms with E-state index in [1.54, 1.807) is 12.1 Å². The fraction of sp³-hybridized carbons (Fsp3) is 0.154. The zero-order valence-electron chi connectivity index (χ0n) is 9.81. The molecule has 99 valence electrons. The Morgan fingerprint density at radius 2 is 1.63 bits per heavy atom. The zero-order valence-corrected chi connectivity index (χ0v) is 9.81. The van der Waals surface area contributed by atoms with Gasteiger partial charge in [0, 0.05) is 12.4 Å². The van der Waals surface area contributed by atoms with Gasteiger partial charge in [-0.25, -0.2) is 9.97 Å². The monoisotopic (exact) mass is 267 g/mol. The number of aromatic nitrogens is 2. The molecule has 1 radical (unpaired) electrons. The first-order chi connectivity index (χ1) is 8.99. The standard InChI is InChI=1S/C13H10F3N2O/c1-2-9-3-5-11(6-4-9)19-12-17-7-10(8-18-12)13(14,15)16/h3-8H,1-2H2. The summed E-state index contributed by atoms with van der Waals surface area (Å²) >= 11 is 0. The van der Waals surface area contributed by atoms with Crippen molar-refractivity contribution in [2.45, 2.75) is 12.6 Å². The summed E-state index contributed by atoms with van der Waals surface area (Å²) in [6, 6.07) is 6.86. The van der Waals surface area contributed by atoms with Crippen LogP contribution in [0.1, 0.15) is 11.1 Å². The molecule has 0 N–H and O–H groups in total. The number of nitrogens with zero attached hydrogens (tertiary/aromatic N) is 2. The van der Waals surface area contributed by atoms with E-state index >= 15 is 0 Å². The normalized spacial score (nSPS) is 11.4. The number of halogens is 3. The zero-order chi connectivity index (χ0) is 13.9. The van der Waals surface area contributed by atoms with E-state index in [4.69, 9.17) is 4.74 Å². The Kier molecular flexibility index (Phi) is 3.69. The van der Waals surface area contributed by atoms with Gasteiger partial charge in [-0.3, -0.25) is 0 Å². The van der Waals surface area contributed by atoms with Crippen LogP contribution in [0.3, 0.4) is 0 Å². The number of hydrogen-bond donors (Lipinski definition) is 0. The highest BCUT2D eigenvalue weighted by Gasteiger charge is 2.31. The van der Waals surface area contributed by atoms with E-state index in [0.29, 0.717) is 24.6 Å². The molecule has 0 fully saturated rings. The Balaban J connectivity index is 2.10. The molecule has 2 aromatic rings. The van der Waals surface area contributed by atoms with Gasteiger partial charge in [-0.2, -0.15) is 13.2 Å². The van der Waals surface area contributed by atoms with E-state index in [-0.39, 0.29) is 6.01 Å². The lowest BCUT2D eigenvalue weighted by Crippen LogP contribution is -2.06. The molecule has 0 bridgehead atoms. The molecule has 0 atom stereocenters. The number of benzene rings is 1. The summed E-state index contributed by atoms with van der Waals surface area (Å²) in [5, 5.41) is 0. The van der Waals surface area contributed by atoms with Crippen LogP contribution >= 0.6 is 0 Å². The highest BCUT2D eigenvalue weighted by atomic mass is 19.4. The second-order valence-electron chi connectivity index (χ2n) is 3.75. The van der Waals surface area contributed by atoms with Crippen LogP contribution in [0, 0.1) is 6.92 Å². The molecule has 2 rings (SSSR count). The summed E-state index contributed by atoms with van der Waals surface area (Å²) in [7, 11) is 0. The summed E-state index contributed by atoms with van der Waals surface area (Å²) in [5.74, 6) is 0.456. The molecule has 0 saturated carbocycles. The van der Waals surface area contributed by atoms with Gasteiger partial charge in [0.05, 0.1) is 5.56 Å². The summed E-state index contributed by atoms with van der Waals surface area (Å²) in [6.07, 6.45) is -2.43. The highest BCUT2D eigenvalue weighted by Crippen LogP contribution is 2.28. The van der Waals surface area contributed by atoms with Crippen molar-refractivity contribution in [3.63, 3.8) is 0 Å². The first-order valence-corrected chi connectivity index (χ1v) is 5.44. The third-order valence-electron chi connectivity index (χ3n) is 2.38. The minimum absolute atomic E-state index is 0.129. The number of alkyl halides is 3. The Labute approximate surface area is 108 Å². The van der Waals surface area contributed by atoms with Gasteiger partial charge in [0.1, 0.15) is 5.75 Å². The van der Waals surface area contributed by atoms with Gasteiger partial charge in [-0.1, -0.05) is 12.1 Å². The fourth-order valence-electron chi connectivity index (χ4n) is 1.34. The number of rotatable bonds is 3. The molecule has 19 heavy (non-hydrogen) atoms. The first-order valence-electron chi connectivity index (χ1n) is 5.44. The summed E-state index contributed by atoms with van der Waals surface area (Å²) < 4.78 is 42.1. The van der Waals surface area contributed by atoms with Crippen LogP contribution in [0.25, 0.3) is 0 Å². The van der Waals surface area contributed by atoms with Gasteiger partial charge in [0.2, 0.25) is 0 Å². The lowest BCUT2D eigenvalue weighted by Gasteiger charge is -2.07. The Morgan fingerprint density at radius 3 is 2.11 bits per heavy atom. The number of hydrogen-bond acceptors (Lipinski definition) is 3. The van der Waals surface area contributed by atoms with Crippen LogP contribution < -0.4 is 4.74 Å². The van der Waals surface area contributed by atoms with Crippen LogP contribution in [0.15, 0.2) is 36.7 Å². The topological polar surface area (TPSA) is 35.0 Å². The molecule has 3 nitrogen and oxygen atoms in total. The number of ether oxygens (including phenoxy) is 1. The molecule has 1 aromatic heterocycles. The maximum Gasteiger partial charge on any atom is 0.419 e. The average molecular weight is 267 g/mol. The van der Waals surface area contributed by atoms with E-state index in [2.05, 4.69) is 16.9 Å². The Bertz CT molecular complexity index is 535. The summed E-state index contributed by atoms with van der Waals surface area (Å²) in [5.41, 5.74) is 0.118. The predicted octanol–water partition coefficient (Wildman–Crippen LogP) is 3.66. The van der Waals surface area contributed by atoms with Crippen molar-refractivity contribution in [2.75, 3.05) is 0 Å². The molecule has 0 spiro atoms. The van der Waals surface area contributed by atoms with Gasteiger partial charge in [-0.15, -0.1) is 0 Å². The van der Waals surface area contributed by atoms with Gasteiger partial charge in [0.25, 0.3) is 0 Å². The third-order valence-corrected chi connectivity index (χ3v) is 2.38. The largest absolute Gasteiger partial charge is 0.424 e. The van der Waals surface area contributed by atoms with Gasteiger partial charge < -0.3 is 4.74 Å². The van der Waals surface area contributed by atoms with Crippen molar-refractivity contribution in [1.82, 2.24) is 9.97 Å². The second kappa shape index (κ2) is 5.26. The lowest BCUT2D eigenvalue weighted by atomic mass is 10.2. The first kappa shape index (κ1) is 13.3. The minimum Gasteiger partial charge on any atom is -0.424 e. The van der Waals surface area contributed by atoms with Crippen LogP contribution in [-0.2, 0) is 12.6 Å². The predicted molar refractivity (Wildman–Crippen MR) is 62.6 cm³/mol. The summed E-state index contributed by atoms with van der Waals surface area (Å²) in [6.45, 7) is 3.73. The van der Waals surface area contributed by atoms with Crippen molar-refractivity contribution in [3.8, 4) is 11.8 Å². The van der Waals surface area contributed by atoms with E-state index < -0.39 is 11.7 Å². The average Bonchev–Trinajstić information content (AvgIpc) is 2.39. The lowest BCUT2D eigenvalue weighted by molar-refractivity contribution is -0.138. The maximum absolute atomic E-state index is 12.3. The van der Waals surface area contributed by atoms with Crippen molar-refractivity contribution in [1.29, 1.82) is 0 Å². The van der Waals surface area contributed by atoms with Crippen molar-refractivity contribution in [2.24, 2.45) is 0 Å². The molecule has 0 aliphatic heterocycles. The minimum atomic E-state index is -4.45. The molecule has 0 unspecified atom stereocenters. The Hall–Kier alpha value is -2.11. The SMILES string of the molecule is [CH2]Cc1ccc(Oc2ncc(C(F)(F)F)cn2)cc1. The van der Waals surface area contributed by atoms with Crippen LogP contribution in [0.5, 0.6) is 11.8 Å². The van der Waals surface area contributed by atoms with E-state index in [0.717, 1.165) is 5.56 Å². The van der Waals surface area contributed by atoms with E-state index in [1.165, 1.54) is 0 Å². The molecular formula is C13H10F3N2O. The third kappa shape index (κ3) is 3.43. The summed E-state index contributed by atoms with van der Waals surface area (Å²) in [4.78, 5) is 7.03. The maximum atomic E-state index is 12.3. The molecule has 0 amide bonds. The van der Waals surface area contributed by atoms with E-state index in [9.17, 15) is 13.2 Å². The quantitative estimate of drug-likeness (QED) is 0.851. The fourth-order valence-corrected chi connectivity index (χ4v) is 1.34. The van der Waals surface area contributed by atoms with Crippen molar-refractivity contribution >= 4 is 0 Å². The van der Waals surface area contributed by atoms with Crippen LogP contribution in [-0.4, -0.2) is 9.97 Å². The Morgan fingerprint density at radius 1 is 1.05 bits per heavy atom. The second-order valence-corrected chi connectivity index (χ2v) is 3.75. The molecule has 6 heteroatoms. The smallest absolute Gasteiger partial charge is 0.419 e. The van der Waals surface area contributed by atoms with Crippen molar-refractivity contribution in [3.05, 3.63) is 54.7 Å². The van der Waals surface area contributed by atoms with Crippen LogP contribution in [0.4, 0.5) is 13.2 Å². The molecule has 1 heterocycles.